The van der Waals surface area contributed by atoms with Crippen molar-refractivity contribution in [2.75, 3.05) is 13.1 Å². The Morgan fingerprint density at radius 1 is 1.26 bits per heavy atom. The minimum Gasteiger partial charge on any atom is -0.481 e. The van der Waals surface area contributed by atoms with Crippen molar-refractivity contribution in [2.45, 2.75) is 51.0 Å². The molecule has 0 spiro atoms. The molecule has 5 nitrogen and oxygen atoms in total. The van der Waals surface area contributed by atoms with E-state index in [0.717, 1.165) is 45.2 Å². The fraction of sp³-hybridized carbons (Fsp3) is 0.857. The van der Waals surface area contributed by atoms with Gasteiger partial charge >= 0.3 is 5.97 Å². The molecular formula is C14H24N2O3. The lowest BCUT2D eigenvalue weighted by Gasteiger charge is -2.34. The smallest absolute Gasteiger partial charge is 0.303 e. The van der Waals surface area contributed by atoms with Crippen LogP contribution in [0.4, 0.5) is 0 Å². The Kier molecular flexibility index (Phi) is 4.80. The molecule has 0 aromatic heterocycles. The van der Waals surface area contributed by atoms with Crippen LogP contribution in [-0.2, 0) is 9.59 Å². The van der Waals surface area contributed by atoms with Gasteiger partial charge in [-0.15, -0.1) is 0 Å². The maximum absolute atomic E-state index is 12.4. The van der Waals surface area contributed by atoms with Crippen molar-refractivity contribution in [1.29, 1.82) is 0 Å². The van der Waals surface area contributed by atoms with Crippen LogP contribution in [0.5, 0.6) is 0 Å². The number of nitrogens with two attached hydrogens (primary N) is 1. The molecule has 3 unspecified atom stereocenters. The second kappa shape index (κ2) is 6.37. The lowest BCUT2D eigenvalue weighted by Crippen LogP contribution is -2.42. The molecule has 5 heteroatoms. The van der Waals surface area contributed by atoms with Crippen molar-refractivity contribution in [2.24, 2.45) is 17.6 Å². The third-order valence-electron chi connectivity index (χ3n) is 4.42. The topological polar surface area (TPSA) is 83.6 Å². The Hall–Kier alpha value is -1.10. The van der Waals surface area contributed by atoms with Crippen LogP contribution >= 0.6 is 0 Å². The van der Waals surface area contributed by atoms with E-state index in [1.54, 1.807) is 0 Å². The van der Waals surface area contributed by atoms with Gasteiger partial charge in [0.1, 0.15) is 0 Å². The number of rotatable bonds is 4. The molecule has 2 fully saturated rings. The highest BCUT2D eigenvalue weighted by atomic mass is 16.4. The van der Waals surface area contributed by atoms with Gasteiger partial charge in [-0.05, 0) is 44.4 Å². The van der Waals surface area contributed by atoms with Crippen molar-refractivity contribution in [3.63, 3.8) is 0 Å². The van der Waals surface area contributed by atoms with Gasteiger partial charge in [0, 0.05) is 31.5 Å². The fourth-order valence-electron chi connectivity index (χ4n) is 3.33. The average molecular weight is 268 g/mol. The number of hydrogen-bond acceptors (Lipinski definition) is 3. The first-order chi connectivity index (χ1) is 9.06. The first kappa shape index (κ1) is 14.3. The van der Waals surface area contributed by atoms with Crippen molar-refractivity contribution in [3.8, 4) is 0 Å². The van der Waals surface area contributed by atoms with Crippen molar-refractivity contribution in [1.82, 2.24) is 4.90 Å². The highest BCUT2D eigenvalue weighted by Crippen LogP contribution is 2.29. The summed E-state index contributed by atoms with van der Waals surface area (Å²) in [5, 5.41) is 8.73. The molecule has 1 aliphatic heterocycles. The number of likely N-dealkylation sites (tertiary alicyclic amines) is 1. The molecule has 1 heterocycles. The number of hydrogen-bond donors (Lipinski definition) is 2. The van der Waals surface area contributed by atoms with Crippen LogP contribution in [-0.4, -0.2) is 41.0 Å². The predicted octanol–water partition coefficient (Wildman–Crippen LogP) is 1.22. The van der Waals surface area contributed by atoms with E-state index in [0.29, 0.717) is 12.3 Å². The van der Waals surface area contributed by atoms with E-state index >= 15 is 0 Å². The predicted molar refractivity (Wildman–Crippen MR) is 71.5 cm³/mol. The Morgan fingerprint density at radius 3 is 2.68 bits per heavy atom. The SMILES string of the molecule is NC1CCC(C(=O)N2CCCC(CCC(=O)O)C2)C1. The molecule has 19 heavy (non-hydrogen) atoms. The number of nitrogens with zero attached hydrogens (tertiary/aromatic N) is 1. The van der Waals surface area contributed by atoms with Crippen molar-refractivity contribution < 1.29 is 14.7 Å². The zero-order valence-corrected chi connectivity index (χ0v) is 11.4. The van der Waals surface area contributed by atoms with Crippen LogP contribution in [0.15, 0.2) is 0 Å². The molecule has 0 bridgehead atoms. The molecule has 2 aliphatic rings. The summed E-state index contributed by atoms with van der Waals surface area (Å²) in [6.07, 6.45) is 5.61. The quantitative estimate of drug-likeness (QED) is 0.803. The summed E-state index contributed by atoms with van der Waals surface area (Å²) in [5.74, 6) is -0.0460. The number of carboxylic acid groups (broad SMARTS) is 1. The van der Waals surface area contributed by atoms with E-state index in [-0.39, 0.29) is 24.3 Å². The molecule has 0 radical (unpaired) electrons. The van der Waals surface area contributed by atoms with Crippen LogP contribution in [0.25, 0.3) is 0 Å². The van der Waals surface area contributed by atoms with Crippen LogP contribution in [0.3, 0.4) is 0 Å². The van der Waals surface area contributed by atoms with E-state index < -0.39 is 5.97 Å². The zero-order chi connectivity index (χ0) is 13.8. The van der Waals surface area contributed by atoms with Gasteiger partial charge in [0.2, 0.25) is 5.91 Å². The van der Waals surface area contributed by atoms with Gasteiger partial charge in [0.25, 0.3) is 0 Å². The molecule has 1 aliphatic carbocycles. The summed E-state index contributed by atoms with van der Waals surface area (Å²) >= 11 is 0. The van der Waals surface area contributed by atoms with Gasteiger partial charge in [-0.2, -0.15) is 0 Å². The number of carbonyl (C=O) groups excluding carboxylic acids is 1. The molecule has 3 N–H and O–H groups in total. The fourth-order valence-corrected chi connectivity index (χ4v) is 3.33. The molecule has 0 aromatic rings. The summed E-state index contributed by atoms with van der Waals surface area (Å²) in [6.45, 7) is 1.56. The number of aliphatic carboxylic acids is 1. The van der Waals surface area contributed by atoms with E-state index in [4.69, 9.17) is 10.8 Å². The van der Waals surface area contributed by atoms with Crippen molar-refractivity contribution >= 4 is 11.9 Å². The Morgan fingerprint density at radius 2 is 2.05 bits per heavy atom. The van der Waals surface area contributed by atoms with Gasteiger partial charge in [-0.25, -0.2) is 0 Å². The number of carboxylic acids is 1. The summed E-state index contributed by atoms with van der Waals surface area (Å²) in [4.78, 5) is 24.9. The minimum atomic E-state index is -0.745. The van der Waals surface area contributed by atoms with Gasteiger partial charge < -0.3 is 15.7 Å². The lowest BCUT2D eigenvalue weighted by molar-refractivity contribution is -0.138. The average Bonchev–Trinajstić information content (AvgIpc) is 2.82. The van der Waals surface area contributed by atoms with Gasteiger partial charge in [-0.1, -0.05) is 0 Å². The van der Waals surface area contributed by atoms with Crippen LogP contribution < -0.4 is 5.73 Å². The summed E-state index contributed by atoms with van der Waals surface area (Å²) in [5.41, 5.74) is 5.86. The Balaban J connectivity index is 1.83. The third-order valence-corrected chi connectivity index (χ3v) is 4.42. The number of piperidine rings is 1. The number of amides is 1. The standard InChI is InChI=1S/C14H24N2O3/c15-12-5-4-11(8-12)14(19)16-7-1-2-10(9-16)3-6-13(17)18/h10-12H,1-9,15H2,(H,17,18). The van der Waals surface area contributed by atoms with Crippen LogP contribution in [0.2, 0.25) is 0 Å². The summed E-state index contributed by atoms with van der Waals surface area (Å²) < 4.78 is 0. The van der Waals surface area contributed by atoms with E-state index in [1.165, 1.54) is 0 Å². The van der Waals surface area contributed by atoms with Crippen molar-refractivity contribution in [3.05, 3.63) is 0 Å². The highest BCUT2D eigenvalue weighted by Gasteiger charge is 2.33. The Bertz CT molecular complexity index is 346. The summed E-state index contributed by atoms with van der Waals surface area (Å²) in [6, 6.07) is 0.182. The number of carbonyl (C=O) groups is 2. The maximum Gasteiger partial charge on any atom is 0.303 e. The Labute approximate surface area is 114 Å². The molecule has 1 saturated heterocycles. The summed E-state index contributed by atoms with van der Waals surface area (Å²) in [7, 11) is 0. The van der Waals surface area contributed by atoms with Crippen LogP contribution in [0.1, 0.15) is 44.9 Å². The second-order valence-electron chi connectivity index (χ2n) is 5.99. The largest absolute Gasteiger partial charge is 0.481 e. The highest BCUT2D eigenvalue weighted by molar-refractivity contribution is 5.79. The molecule has 1 amide bonds. The second-order valence-corrected chi connectivity index (χ2v) is 5.99. The third kappa shape index (κ3) is 3.93. The lowest BCUT2D eigenvalue weighted by atomic mass is 9.92. The van der Waals surface area contributed by atoms with E-state index in [9.17, 15) is 9.59 Å². The van der Waals surface area contributed by atoms with Gasteiger partial charge in [-0.3, -0.25) is 9.59 Å². The van der Waals surface area contributed by atoms with E-state index in [2.05, 4.69) is 0 Å². The maximum atomic E-state index is 12.4. The van der Waals surface area contributed by atoms with Crippen LogP contribution in [0, 0.1) is 11.8 Å². The van der Waals surface area contributed by atoms with Gasteiger partial charge in [0.15, 0.2) is 0 Å². The molecule has 1 saturated carbocycles. The molecule has 3 atom stereocenters. The minimum absolute atomic E-state index is 0.105. The normalized spacial score (nSPS) is 31.4. The first-order valence-electron chi connectivity index (χ1n) is 7.32. The molecular weight excluding hydrogens is 244 g/mol. The molecule has 108 valence electrons. The molecule has 2 rings (SSSR count). The first-order valence-corrected chi connectivity index (χ1v) is 7.32. The molecule has 0 aromatic carbocycles. The van der Waals surface area contributed by atoms with Gasteiger partial charge in [0.05, 0.1) is 0 Å². The zero-order valence-electron chi connectivity index (χ0n) is 11.4. The van der Waals surface area contributed by atoms with E-state index in [1.807, 2.05) is 4.90 Å². The monoisotopic (exact) mass is 268 g/mol.